The molecule has 18 heavy (non-hydrogen) atoms. The molecule has 2 aliphatic rings. The SMILES string of the molecule is OC1CCc2nnc(CCN3CCCCC3)n2C1. The average molecular weight is 250 g/mol. The van der Waals surface area contributed by atoms with Crippen LogP contribution in [0, 0.1) is 0 Å². The minimum absolute atomic E-state index is 0.220. The number of aliphatic hydroxyl groups is 1. The van der Waals surface area contributed by atoms with Crippen molar-refractivity contribution in [3.05, 3.63) is 11.6 Å². The number of aromatic nitrogens is 3. The Labute approximate surface area is 108 Å². The van der Waals surface area contributed by atoms with Crippen molar-refractivity contribution in [2.45, 2.75) is 51.2 Å². The number of hydrogen-bond acceptors (Lipinski definition) is 4. The number of aryl methyl sites for hydroxylation is 1. The van der Waals surface area contributed by atoms with E-state index < -0.39 is 0 Å². The quantitative estimate of drug-likeness (QED) is 0.854. The van der Waals surface area contributed by atoms with Crippen LogP contribution >= 0.6 is 0 Å². The molecule has 0 aromatic carbocycles. The van der Waals surface area contributed by atoms with Crippen LogP contribution in [-0.2, 0) is 19.4 Å². The minimum atomic E-state index is -0.220. The molecule has 0 amide bonds. The van der Waals surface area contributed by atoms with Crippen LogP contribution in [0.2, 0.25) is 0 Å². The fraction of sp³-hybridized carbons (Fsp3) is 0.846. The van der Waals surface area contributed by atoms with Gasteiger partial charge in [0, 0.05) is 19.4 Å². The number of fused-ring (bicyclic) bond motifs is 1. The van der Waals surface area contributed by atoms with Gasteiger partial charge in [0.25, 0.3) is 0 Å². The largest absolute Gasteiger partial charge is 0.391 e. The van der Waals surface area contributed by atoms with Gasteiger partial charge in [-0.3, -0.25) is 0 Å². The predicted octanol–water partition coefficient (Wildman–Crippen LogP) is 0.614. The molecule has 0 saturated carbocycles. The summed E-state index contributed by atoms with van der Waals surface area (Å²) in [6.07, 6.45) is 6.46. The van der Waals surface area contributed by atoms with Gasteiger partial charge in [0.15, 0.2) is 0 Å². The summed E-state index contributed by atoms with van der Waals surface area (Å²) in [4.78, 5) is 2.52. The molecule has 1 unspecified atom stereocenters. The van der Waals surface area contributed by atoms with E-state index in [0.717, 1.165) is 37.5 Å². The van der Waals surface area contributed by atoms with Crippen molar-refractivity contribution in [3.8, 4) is 0 Å². The first kappa shape index (κ1) is 12.1. The maximum absolute atomic E-state index is 9.73. The van der Waals surface area contributed by atoms with Gasteiger partial charge < -0.3 is 14.6 Å². The number of rotatable bonds is 3. The Morgan fingerprint density at radius 1 is 1.17 bits per heavy atom. The predicted molar refractivity (Wildman–Crippen MR) is 68.3 cm³/mol. The Morgan fingerprint density at radius 3 is 2.83 bits per heavy atom. The van der Waals surface area contributed by atoms with Gasteiger partial charge >= 0.3 is 0 Å². The van der Waals surface area contributed by atoms with Crippen LogP contribution < -0.4 is 0 Å². The fourth-order valence-corrected chi connectivity index (χ4v) is 2.99. The number of likely N-dealkylation sites (tertiary alicyclic amines) is 1. The average Bonchev–Trinajstić information content (AvgIpc) is 2.80. The lowest BCUT2D eigenvalue weighted by molar-refractivity contribution is 0.128. The van der Waals surface area contributed by atoms with E-state index in [-0.39, 0.29) is 6.10 Å². The first-order valence-electron chi connectivity index (χ1n) is 7.14. The van der Waals surface area contributed by atoms with Gasteiger partial charge in [0.05, 0.1) is 12.6 Å². The van der Waals surface area contributed by atoms with Crippen LogP contribution in [0.1, 0.15) is 37.3 Å². The zero-order valence-corrected chi connectivity index (χ0v) is 10.9. The molecule has 3 rings (SSSR count). The zero-order chi connectivity index (χ0) is 12.4. The van der Waals surface area contributed by atoms with Crippen LogP contribution in [-0.4, -0.2) is 50.5 Å². The van der Waals surface area contributed by atoms with Gasteiger partial charge in [0.1, 0.15) is 11.6 Å². The highest BCUT2D eigenvalue weighted by Crippen LogP contribution is 2.16. The fourth-order valence-electron chi connectivity index (χ4n) is 2.99. The maximum atomic E-state index is 9.73. The molecule has 5 nitrogen and oxygen atoms in total. The second-order valence-corrected chi connectivity index (χ2v) is 5.49. The molecule has 1 fully saturated rings. The number of piperidine rings is 1. The third-order valence-electron chi connectivity index (χ3n) is 4.10. The molecule has 5 heteroatoms. The molecule has 1 aromatic rings. The number of nitrogens with zero attached hydrogens (tertiary/aromatic N) is 4. The summed E-state index contributed by atoms with van der Waals surface area (Å²) in [5.41, 5.74) is 0. The van der Waals surface area contributed by atoms with Gasteiger partial charge in [-0.25, -0.2) is 0 Å². The summed E-state index contributed by atoms with van der Waals surface area (Å²) in [7, 11) is 0. The lowest BCUT2D eigenvalue weighted by Crippen LogP contribution is -2.32. The molecule has 2 aliphatic heterocycles. The van der Waals surface area contributed by atoms with Crippen molar-refractivity contribution in [2.75, 3.05) is 19.6 Å². The van der Waals surface area contributed by atoms with E-state index in [1.807, 2.05) is 0 Å². The van der Waals surface area contributed by atoms with Crippen LogP contribution in [0.5, 0.6) is 0 Å². The summed E-state index contributed by atoms with van der Waals surface area (Å²) in [6, 6.07) is 0. The molecule has 0 aliphatic carbocycles. The third-order valence-corrected chi connectivity index (χ3v) is 4.10. The second-order valence-electron chi connectivity index (χ2n) is 5.49. The van der Waals surface area contributed by atoms with Gasteiger partial charge in [-0.2, -0.15) is 0 Å². The Morgan fingerprint density at radius 2 is 2.00 bits per heavy atom. The van der Waals surface area contributed by atoms with E-state index in [2.05, 4.69) is 19.7 Å². The van der Waals surface area contributed by atoms with Gasteiger partial charge in [-0.1, -0.05) is 6.42 Å². The molecule has 0 bridgehead atoms. The van der Waals surface area contributed by atoms with E-state index in [9.17, 15) is 5.11 Å². The summed E-state index contributed by atoms with van der Waals surface area (Å²) in [6.45, 7) is 4.21. The third kappa shape index (κ3) is 2.57. The van der Waals surface area contributed by atoms with Crippen LogP contribution in [0.25, 0.3) is 0 Å². The molecular weight excluding hydrogens is 228 g/mol. The monoisotopic (exact) mass is 250 g/mol. The van der Waals surface area contributed by atoms with Crippen LogP contribution in [0.15, 0.2) is 0 Å². The number of hydrogen-bond donors (Lipinski definition) is 1. The lowest BCUT2D eigenvalue weighted by atomic mass is 10.1. The number of aliphatic hydroxyl groups excluding tert-OH is 1. The highest BCUT2D eigenvalue weighted by atomic mass is 16.3. The van der Waals surface area contributed by atoms with Gasteiger partial charge in [-0.15, -0.1) is 10.2 Å². The molecular formula is C13H22N4O. The van der Waals surface area contributed by atoms with Crippen LogP contribution in [0.4, 0.5) is 0 Å². The molecule has 0 spiro atoms. The van der Waals surface area contributed by atoms with Crippen LogP contribution in [0.3, 0.4) is 0 Å². The lowest BCUT2D eigenvalue weighted by Gasteiger charge is -2.26. The van der Waals surface area contributed by atoms with Crippen molar-refractivity contribution >= 4 is 0 Å². The summed E-state index contributed by atoms with van der Waals surface area (Å²) in [5.74, 6) is 2.10. The summed E-state index contributed by atoms with van der Waals surface area (Å²) in [5, 5.41) is 18.3. The zero-order valence-electron chi connectivity index (χ0n) is 10.9. The van der Waals surface area contributed by atoms with E-state index in [1.165, 1.54) is 32.4 Å². The molecule has 1 N–H and O–H groups in total. The topological polar surface area (TPSA) is 54.2 Å². The Kier molecular flexibility index (Phi) is 3.61. The maximum Gasteiger partial charge on any atom is 0.134 e. The molecule has 1 aromatic heterocycles. The molecule has 1 saturated heterocycles. The standard InChI is InChI=1S/C13H22N4O/c18-11-4-5-12-14-15-13(17(12)10-11)6-9-16-7-2-1-3-8-16/h11,18H,1-10H2. The van der Waals surface area contributed by atoms with E-state index in [0.29, 0.717) is 6.54 Å². The van der Waals surface area contributed by atoms with E-state index in [1.54, 1.807) is 0 Å². The highest BCUT2D eigenvalue weighted by molar-refractivity contribution is 5.01. The highest BCUT2D eigenvalue weighted by Gasteiger charge is 2.21. The van der Waals surface area contributed by atoms with Crippen molar-refractivity contribution in [1.29, 1.82) is 0 Å². The Hall–Kier alpha value is -0.940. The first-order chi connectivity index (χ1) is 8.83. The molecule has 0 radical (unpaired) electrons. The normalized spacial score (nSPS) is 25.1. The van der Waals surface area contributed by atoms with Crippen molar-refractivity contribution in [3.63, 3.8) is 0 Å². The van der Waals surface area contributed by atoms with E-state index >= 15 is 0 Å². The van der Waals surface area contributed by atoms with Crippen molar-refractivity contribution < 1.29 is 5.11 Å². The summed E-state index contributed by atoms with van der Waals surface area (Å²) >= 11 is 0. The van der Waals surface area contributed by atoms with Gasteiger partial charge in [-0.05, 0) is 32.4 Å². The van der Waals surface area contributed by atoms with E-state index in [4.69, 9.17) is 0 Å². The Balaban J connectivity index is 1.61. The Bertz CT molecular complexity index is 398. The van der Waals surface area contributed by atoms with Crippen molar-refractivity contribution in [1.82, 2.24) is 19.7 Å². The van der Waals surface area contributed by atoms with Crippen molar-refractivity contribution in [2.24, 2.45) is 0 Å². The second kappa shape index (κ2) is 5.36. The summed E-state index contributed by atoms with van der Waals surface area (Å²) < 4.78 is 2.12. The molecule has 1 atom stereocenters. The van der Waals surface area contributed by atoms with Gasteiger partial charge in [0.2, 0.25) is 0 Å². The first-order valence-corrected chi connectivity index (χ1v) is 7.14. The minimum Gasteiger partial charge on any atom is -0.391 e. The molecule has 3 heterocycles. The smallest absolute Gasteiger partial charge is 0.134 e. The molecule has 100 valence electrons.